The topological polar surface area (TPSA) is 55.4 Å². The summed E-state index contributed by atoms with van der Waals surface area (Å²) in [5.74, 6) is 0.669. The molecule has 0 amide bonds. The highest BCUT2D eigenvalue weighted by Crippen LogP contribution is 2.66. The molecule has 1 spiro atoms. The second kappa shape index (κ2) is 10.3. The van der Waals surface area contributed by atoms with Gasteiger partial charge >= 0.3 is 0 Å². The monoisotopic (exact) mass is 532 g/mol. The second-order valence-corrected chi connectivity index (χ2v) is 12.3. The van der Waals surface area contributed by atoms with Crippen LogP contribution in [0.2, 0.25) is 0 Å². The van der Waals surface area contributed by atoms with Gasteiger partial charge in [-0.1, -0.05) is 80.1 Å². The molecule has 2 N–H and O–H groups in total. The molecule has 206 valence electrons. The molecule has 1 aliphatic heterocycles. The lowest BCUT2D eigenvalue weighted by Crippen LogP contribution is -2.43. The fourth-order valence-corrected chi connectivity index (χ4v) is 7.39. The minimum atomic E-state index is -0.290. The van der Waals surface area contributed by atoms with Crippen LogP contribution in [0.25, 0.3) is 23.1 Å². The highest BCUT2D eigenvalue weighted by molar-refractivity contribution is 5.90. The van der Waals surface area contributed by atoms with Gasteiger partial charge in [-0.25, -0.2) is 0 Å². The third kappa shape index (κ3) is 4.50. The molecule has 4 atom stereocenters. The quantitative estimate of drug-likeness (QED) is 0.327. The van der Waals surface area contributed by atoms with E-state index in [0.717, 1.165) is 68.6 Å². The normalized spacial score (nSPS) is 27.0. The Morgan fingerprint density at radius 3 is 2.60 bits per heavy atom. The molecule has 2 heterocycles. The Morgan fingerprint density at radius 1 is 1.00 bits per heavy atom. The van der Waals surface area contributed by atoms with Gasteiger partial charge in [0.15, 0.2) is 0 Å². The van der Waals surface area contributed by atoms with Crippen LogP contribution < -0.4 is 0 Å². The van der Waals surface area contributed by atoms with Crippen molar-refractivity contribution in [2.75, 3.05) is 33.2 Å². The van der Waals surface area contributed by atoms with Gasteiger partial charge in [-0.2, -0.15) is 5.10 Å². The van der Waals surface area contributed by atoms with Crippen LogP contribution in [0.4, 0.5) is 0 Å². The van der Waals surface area contributed by atoms with Crippen molar-refractivity contribution < 1.29 is 5.11 Å². The van der Waals surface area contributed by atoms with E-state index in [-0.39, 0.29) is 11.5 Å². The van der Waals surface area contributed by atoms with E-state index in [1.165, 1.54) is 27.8 Å². The van der Waals surface area contributed by atoms with E-state index in [1.807, 2.05) is 0 Å². The summed E-state index contributed by atoms with van der Waals surface area (Å²) in [6.07, 6.45) is 6.98. The first-order valence-corrected chi connectivity index (χ1v) is 15.0. The zero-order valence-electron chi connectivity index (χ0n) is 23.7. The fourth-order valence-electron chi connectivity index (χ4n) is 7.39. The number of nitrogens with one attached hydrogen (secondary N) is 1. The van der Waals surface area contributed by atoms with Crippen LogP contribution in [-0.2, 0) is 18.4 Å². The molecule has 7 rings (SSSR count). The third-order valence-electron chi connectivity index (χ3n) is 9.94. The Hall–Kier alpha value is -3.25. The van der Waals surface area contributed by atoms with Gasteiger partial charge in [0.1, 0.15) is 0 Å². The van der Waals surface area contributed by atoms with Crippen molar-refractivity contribution in [3.63, 3.8) is 0 Å². The average molecular weight is 533 g/mol. The average Bonchev–Trinajstić information content (AvgIpc) is 3.60. The van der Waals surface area contributed by atoms with E-state index >= 15 is 0 Å². The number of aromatic amines is 1. The Balaban J connectivity index is 1.07. The number of aromatic nitrogens is 2. The molecule has 4 aromatic rings. The molecule has 0 bridgehead atoms. The second-order valence-electron chi connectivity index (χ2n) is 12.3. The van der Waals surface area contributed by atoms with Crippen molar-refractivity contribution in [2.24, 2.45) is 5.92 Å². The van der Waals surface area contributed by atoms with E-state index in [4.69, 9.17) is 0 Å². The van der Waals surface area contributed by atoms with Gasteiger partial charge in [-0.15, -0.1) is 0 Å². The van der Waals surface area contributed by atoms with Crippen molar-refractivity contribution in [1.29, 1.82) is 0 Å². The molecule has 4 unspecified atom stereocenters. The number of hydrogen-bond donors (Lipinski definition) is 2. The van der Waals surface area contributed by atoms with Gasteiger partial charge in [0.05, 0.1) is 17.3 Å². The standard InChI is InChI=1S/C35H40N4O/c1-3-26-20-27-6-4-5-7-30(27)35(34(26)40)22-31(35)28-13-14-29-32(36-37-33(29)21-28)15-12-24-8-10-25(11-9-24)23-39-18-16-38(2)17-19-39/h4-15,21,26,31,34,40H,3,16-20,22-23H2,1-2H3,(H,36,37)/b15-12+. The maximum Gasteiger partial charge on any atom is 0.0927 e. The molecule has 3 aliphatic rings. The number of rotatable bonds is 6. The zero-order chi connectivity index (χ0) is 27.3. The Labute approximate surface area is 237 Å². The van der Waals surface area contributed by atoms with Crippen LogP contribution >= 0.6 is 0 Å². The lowest BCUT2D eigenvalue weighted by molar-refractivity contribution is 0.0557. The molecule has 1 saturated heterocycles. The van der Waals surface area contributed by atoms with Crippen molar-refractivity contribution in [3.05, 3.63) is 100 Å². The number of aliphatic hydroxyl groups excluding tert-OH is 1. The van der Waals surface area contributed by atoms with Crippen LogP contribution in [0, 0.1) is 5.92 Å². The summed E-state index contributed by atoms with van der Waals surface area (Å²) in [5.41, 5.74) is 8.51. The summed E-state index contributed by atoms with van der Waals surface area (Å²) in [6, 6.07) is 24.4. The first kappa shape index (κ1) is 25.7. The third-order valence-corrected chi connectivity index (χ3v) is 9.94. The highest BCUT2D eigenvalue weighted by atomic mass is 16.3. The summed E-state index contributed by atoms with van der Waals surface area (Å²) in [7, 11) is 2.20. The van der Waals surface area contributed by atoms with Gasteiger partial charge in [-0.05, 0) is 71.7 Å². The smallest absolute Gasteiger partial charge is 0.0927 e. The van der Waals surface area contributed by atoms with Gasteiger partial charge < -0.3 is 10.0 Å². The first-order valence-electron chi connectivity index (χ1n) is 15.0. The van der Waals surface area contributed by atoms with E-state index in [2.05, 4.69) is 113 Å². The number of aliphatic hydroxyl groups is 1. The van der Waals surface area contributed by atoms with Crippen LogP contribution in [0.5, 0.6) is 0 Å². The summed E-state index contributed by atoms with van der Waals surface area (Å²) in [6.45, 7) is 7.81. The number of piperazine rings is 1. The molecule has 40 heavy (non-hydrogen) atoms. The zero-order valence-corrected chi connectivity index (χ0v) is 23.7. The van der Waals surface area contributed by atoms with Crippen molar-refractivity contribution >= 4 is 23.1 Å². The summed E-state index contributed by atoms with van der Waals surface area (Å²) in [4.78, 5) is 4.93. The van der Waals surface area contributed by atoms with Gasteiger partial charge in [0, 0.05) is 43.5 Å². The minimum Gasteiger partial charge on any atom is -0.392 e. The van der Waals surface area contributed by atoms with E-state index < -0.39 is 0 Å². The lowest BCUT2D eigenvalue weighted by Gasteiger charge is -2.38. The van der Waals surface area contributed by atoms with E-state index in [9.17, 15) is 5.11 Å². The van der Waals surface area contributed by atoms with Crippen LogP contribution in [0.15, 0.2) is 66.7 Å². The molecular formula is C35H40N4O. The van der Waals surface area contributed by atoms with Crippen molar-refractivity contribution in [3.8, 4) is 0 Å². The number of hydrogen-bond acceptors (Lipinski definition) is 4. The van der Waals surface area contributed by atoms with E-state index in [1.54, 1.807) is 0 Å². The number of likely N-dealkylation sites (N-methyl/N-ethyl adjacent to an activating group) is 1. The van der Waals surface area contributed by atoms with Crippen LogP contribution in [0.3, 0.4) is 0 Å². The molecule has 2 fully saturated rings. The molecule has 2 aliphatic carbocycles. The molecule has 0 radical (unpaired) electrons. The van der Waals surface area contributed by atoms with Gasteiger partial charge in [0.2, 0.25) is 0 Å². The lowest BCUT2D eigenvalue weighted by atomic mass is 9.69. The van der Waals surface area contributed by atoms with Crippen molar-refractivity contribution in [1.82, 2.24) is 20.0 Å². The first-order chi connectivity index (χ1) is 19.5. The fraction of sp³-hybridized carbons (Fsp3) is 0.400. The van der Waals surface area contributed by atoms with Crippen LogP contribution in [0.1, 0.15) is 59.2 Å². The Morgan fingerprint density at radius 2 is 1.80 bits per heavy atom. The maximum atomic E-state index is 11.5. The predicted molar refractivity (Wildman–Crippen MR) is 163 cm³/mol. The largest absolute Gasteiger partial charge is 0.392 e. The highest BCUT2D eigenvalue weighted by Gasteiger charge is 2.63. The predicted octanol–water partition coefficient (Wildman–Crippen LogP) is 5.85. The van der Waals surface area contributed by atoms with Crippen molar-refractivity contribution in [2.45, 2.75) is 50.2 Å². The summed E-state index contributed by atoms with van der Waals surface area (Å²) in [5, 5.41) is 20.6. The maximum absolute atomic E-state index is 11.5. The molecule has 3 aromatic carbocycles. The SMILES string of the molecule is CCC1Cc2ccccc2C2(CC2c2ccc3c(/C=C/c4ccc(CN5CCN(C)CC5)cc4)n[nH]c3c2)C1O. The molecule has 5 heteroatoms. The molecular weight excluding hydrogens is 492 g/mol. The number of nitrogens with zero attached hydrogens (tertiary/aromatic N) is 3. The summed E-state index contributed by atoms with van der Waals surface area (Å²) < 4.78 is 0. The minimum absolute atomic E-state index is 0.150. The number of H-pyrrole nitrogens is 1. The van der Waals surface area contributed by atoms with Gasteiger partial charge in [0.25, 0.3) is 0 Å². The molecule has 1 saturated carbocycles. The van der Waals surface area contributed by atoms with Crippen LogP contribution in [-0.4, -0.2) is 64.4 Å². The Bertz CT molecular complexity index is 1530. The molecule has 5 nitrogen and oxygen atoms in total. The Kier molecular flexibility index (Phi) is 6.62. The van der Waals surface area contributed by atoms with Gasteiger partial charge in [-0.3, -0.25) is 10.00 Å². The number of benzene rings is 3. The van der Waals surface area contributed by atoms with E-state index in [0.29, 0.717) is 11.8 Å². The summed E-state index contributed by atoms with van der Waals surface area (Å²) >= 11 is 0. The molecule has 1 aromatic heterocycles. The number of fused-ring (bicyclic) bond motifs is 3.